The fourth-order valence-corrected chi connectivity index (χ4v) is 3.06. The van der Waals surface area contributed by atoms with Crippen molar-refractivity contribution < 1.29 is 9.53 Å². The van der Waals surface area contributed by atoms with E-state index in [0.717, 1.165) is 30.0 Å². The highest BCUT2D eigenvalue weighted by molar-refractivity contribution is 6.00. The third kappa shape index (κ3) is 3.87. The van der Waals surface area contributed by atoms with Crippen LogP contribution in [0, 0.1) is 13.8 Å². The highest BCUT2D eigenvalue weighted by atomic mass is 16.5. The Hall–Kier alpha value is -2.82. The summed E-state index contributed by atoms with van der Waals surface area (Å²) >= 11 is 0. The largest absolute Gasteiger partial charge is 0.493 e. The lowest BCUT2D eigenvalue weighted by molar-refractivity contribution is 0.0953. The molecule has 0 saturated carbocycles. The molecule has 0 atom stereocenters. The number of ether oxygens (including phenoxy) is 1. The molecule has 5 heteroatoms. The molecule has 136 valence electrons. The Morgan fingerprint density at radius 3 is 2.85 bits per heavy atom. The van der Waals surface area contributed by atoms with Crippen LogP contribution in [-0.2, 0) is 6.42 Å². The molecule has 1 aromatic carbocycles. The first-order chi connectivity index (χ1) is 12.6. The van der Waals surface area contributed by atoms with Crippen LogP contribution in [0.4, 0.5) is 0 Å². The molecular weight excluding hydrogens is 326 g/mol. The third-order valence-corrected chi connectivity index (χ3v) is 4.40. The molecule has 1 N–H and O–H groups in total. The van der Waals surface area contributed by atoms with Crippen molar-refractivity contribution in [3.8, 4) is 5.75 Å². The molecule has 0 aliphatic heterocycles. The maximum absolute atomic E-state index is 12.5. The van der Waals surface area contributed by atoms with Crippen LogP contribution >= 0.6 is 0 Å². The third-order valence-electron chi connectivity index (χ3n) is 4.40. The SMILES string of the molecule is CCc1ccccc1OCCCNC(=O)c1ccn2c(C)cc(C)nc12. The number of para-hydroxylation sites is 1. The highest BCUT2D eigenvalue weighted by Gasteiger charge is 2.13. The second-order valence-corrected chi connectivity index (χ2v) is 6.38. The van der Waals surface area contributed by atoms with Gasteiger partial charge in [-0.3, -0.25) is 4.79 Å². The number of hydrogen-bond donors (Lipinski definition) is 1. The van der Waals surface area contributed by atoms with Gasteiger partial charge in [0.25, 0.3) is 5.91 Å². The molecule has 0 aliphatic rings. The van der Waals surface area contributed by atoms with E-state index in [-0.39, 0.29) is 5.91 Å². The van der Waals surface area contributed by atoms with Gasteiger partial charge in [-0.25, -0.2) is 4.98 Å². The van der Waals surface area contributed by atoms with Gasteiger partial charge in [-0.1, -0.05) is 25.1 Å². The van der Waals surface area contributed by atoms with Crippen LogP contribution in [0.3, 0.4) is 0 Å². The van der Waals surface area contributed by atoms with Crippen molar-refractivity contribution in [2.24, 2.45) is 0 Å². The van der Waals surface area contributed by atoms with E-state index in [2.05, 4.69) is 23.3 Å². The topological polar surface area (TPSA) is 55.6 Å². The van der Waals surface area contributed by atoms with E-state index in [1.54, 1.807) is 0 Å². The number of aromatic nitrogens is 2. The molecule has 0 saturated heterocycles. The monoisotopic (exact) mass is 351 g/mol. The standard InChI is InChI=1S/C21H25N3O2/c1-4-17-8-5-6-9-19(17)26-13-7-11-22-21(25)18-10-12-24-16(3)14-15(2)23-20(18)24/h5-6,8-10,12,14H,4,7,11,13H2,1-3H3,(H,22,25). The molecule has 3 rings (SSSR count). The van der Waals surface area contributed by atoms with Crippen LogP contribution in [0.1, 0.15) is 40.7 Å². The van der Waals surface area contributed by atoms with Gasteiger partial charge in [0.05, 0.1) is 12.2 Å². The van der Waals surface area contributed by atoms with Crippen LogP contribution in [-0.4, -0.2) is 28.4 Å². The summed E-state index contributed by atoms with van der Waals surface area (Å²) in [5.41, 5.74) is 4.48. The van der Waals surface area contributed by atoms with Gasteiger partial charge in [-0.05, 0) is 50.5 Å². The van der Waals surface area contributed by atoms with Gasteiger partial charge in [0.1, 0.15) is 11.4 Å². The smallest absolute Gasteiger partial charge is 0.255 e. The minimum Gasteiger partial charge on any atom is -0.493 e. The van der Waals surface area contributed by atoms with E-state index in [0.29, 0.717) is 24.4 Å². The van der Waals surface area contributed by atoms with E-state index in [1.165, 1.54) is 5.56 Å². The lowest BCUT2D eigenvalue weighted by Crippen LogP contribution is -2.25. The van der Waals surface area contributed by atoms with Gasteiger partial charge in [-0.15, -0.1) is 0 Å². The molecular formula is C21H25N3O2. The van der Waals surface area contributed by atoms with Crippen LogP contribution in [0.5, 0.6) is 5.75 Å². The van der Waals surface area contributed by atoms with Crippen molar-refractivity contribution in [1.82, 2.24) is 14.7 Å². The quantitative estimate of drug-likeness (QED) is 0.660. The summed E-state index contributed by atoms with van der Waals surface area (Å²) in [5.74, 6) is 0.828. The minimum atomic E-state index is -0.0982. The molecule has 0 aliphatic carbocycles. The number of amides is 1. The van der Waals surface area contributed by atoms with Crippen molar-refractivity contribution in [3.63, 3.8) is 0 Å². The van der Waals surface area contributed by atoms with Gasteiger partial charge < -0.3 is 14.5 Å². The van der Waals surface area contributed by atoms with Crippen molar-refractivity contribution in [2.45, 2.75) is 33.6 Å². The first-order valence-electron chi connectivity index (χ1n) is 9.04. The predicted octanol–water partition coefficient (Wildman–Crippen LogP) is 3.71. The first-order valence-corrected chi connectivity index (χ1v) is 9.04. The lowest BCUT2D eigenvalue weighted by Gasteiger charge is -2.10. The number of nitrogens with one attached hydrogen (secondary N) is 1. The van der Waals surface area contributed by atoms with E-state index >= 15 is 0 Å². The summed E-state index contributed by atoms with van der Waals surface area (Å²) in [6, 6.07) is 11.9. The van der Waals surface area contributed by atoms with Gasteiger partial charge in [0.2, 0.25) is 0 Å². The molecule has 0 fully saturated rings. The second-order valence-electron chi connectivity index (χ2n) is 6.38. The number of carbonyl (C=O) groups is 1. The van der Waals surface area contributed by atoms with Crippen LogP contribution in [0.2, 0.25) is 0 Å². The molecule has 0 radical (unpaired) electrons. The summed E-state index contributed by atoms with van der Waals surface area (Å²) in [6.45, 7) is 7.20. The lowest BCUT2D eigenvalue weighted by atomic mass is 10.1. The molecule has 0 unspecified atom stereocenters. The summed E-state index contributed by atoms with van der Waals surface area (Å²) in [5, 5.41) is 2.96. The highest BCUT2D eigenvalue weighted by Crippen LogP contribution is 2.18. The molecule has 0 bridgehead atoms. The average molecular weight is 351 g/mol. The van der Waals surface area contributed by atoms with Crippen LogP contribution in [0.25, 0.3) is 5.65 Å². The zero-order valence-electron chi connectivity index (χ0n) is 15.6. The summed E-state index contributed by atoms with van der Waals surface area (Å²) in [4.78, 5) is 17.0. The maximum atomic E-state index is 12.5. The van der Waals surface area contributed by atoms with Crippen molar-refractivity contribution >= 4 is 11.6 Å². The molecule has 2 heterocycles. The molecule has 2 aromatic heterocycles. The zero-order chi connectivity index (χ0) is 18.5. The predicted molar refractivity (Wildman–Crippen MR) is 103 cm³/mol. The number of rotatable bonds is 7. The number of carbonyl (C=O) groups excluding carboxylic acids is 1. The Labute approximate surface area is 154 Å². The van der Waals surface area contributed by atoms with Crippen molar-refractivity contribution in [3.05, 3.63) is 65.1 Å². The maximum Gasteiger partial charge on any atom is 0.255 e. The normalized spacial score (nSPS) is 10.9. The minimum absolute atomic E-state index is 0.0982. The Morgan fingerprint density at radius 1 is 1.23 bits per heavy atom. The van der Waals surface area contributed by atoms with E-state index in [9.17, 15) is 4.79 Å². The number of nitrogens with zero attached hydrogens (tertiary/aromatic N) is 2. The van der Waals surface area contributed by atoms with Crippen molar-refractivity contribution in [1.29, 1.82) is 0 Å². The van der Waals surface area contributed by atoms with Crippen molar-refractivity contribution in [2.75, 3.05) is 13.2 Å². The molecule has 1 amide bonds. The fraction of sp³-hybridized carbons (Fsp3) is 0.333. The molecule has 3 aromatic rings. The molecule has 26 heavy (non-hydrogen) atoms. The van der Waals surface area contributed by atoms with E-state index < -0.39 is 0 Å². The van der Waals surface area contributed by atoms with Crippen LogP contribution in [0.15, 0.2) is 42.6 Å². The van der Waals surface area contributed by atoms with Crippen LogP contribution < -0.4 is 10.1 Å². The molecule has 5 nitrogen and oxygen atoms in total. The number of fused-ring (bicyclic) bond motifs is 1. The Kier molecular flexibility index (Phi) is 5.56. The average Bonchev–Trinajstić information content (AvgIpc) is 3.05. The Bertz CT molecular complexity index is 915. The zero-order valence-corrected chi connectivity index (χ0v) is 15.6. The number of aryl methyl sites for hydroxylation is 3. The summed E-state index contributed by atoms with van der Waals surface area (Å²) < 4.78 is 7.77. The van der Waals surface area contributed by atoms with Gasteiger partial charge in [0, 0.05) is 24.1 Å². The Balaban J connectivity index is 1.53. The second kappa shape index (κ2) is 8.04. The fourth-order valence-electron chi connectivity index (χ4n) is 3.06. The number of benzene rings is 1. The first kappa shape index (κ1) is 18.0. The van der Waals surface area contributed by atoms with Gasteiger partial charge in [-0.2, -0.15) is 0 Å². The summed E-state index contributed by atoms with van der Waals surface area (Å²) in [7, 11) is 0. The van der Waals surface area contributed by atoms with Gasteiger partial charge in [0.15, 0.2) is 0 Å². The molecule has 0 spiro atoms. The van der Waals surface area contributed by atoms with E-state index in [1.807, 2.05) is 54.8 Å². The Morgan fingerprint density at radius 2 is 2.04 bits per heavy atom. The summed E-state index contributed by atoms with van der Waals surface area (Å²) in [6.07, 6.45) is 3.58. The van der Waals surface area contributed by atoms with E-state index in [4.69, 9.17) is 4.74 Å². The number of hydrogen-bond acceptors (Lipinski definition) is 3. The van der Waals surface area contributed by atoms with Gasteiger partial charge >= 0.3 is 0 Å².